The van der Waals surface area contributed by atoms with Crippen molar-refractivity contribution in [1.82, 2.24) is 9.80 Å². The number of nitrogens with two attached hydrogens (primary N) is 1. The van der Waals surface area contributed by atoms with E-state index in [1.165, 1.54) is 23.1 Å². The molecule has 156 valence electrons. The summed E-state index contributed by atoms with van der Waals surface area (Å²) in [6.45, 7) is -1.23. The van der Waals surface area contributed by atoms with E-state index in [-0.39, 0.29) is 35.7 Å². The van der Waals surface area contributed by atoms with Crippen LogP contribution in [0.15, 0.2) is 24.3 Å². The molecule has 2 heterocycles. The van der Waals surface area contributed by atoms with Gasteiger partial charge in [0.1, 0.15) is 11.9 Å². The van der Waals surface area contributed by atoms with Crippen molar-refractivity contribution in [2.75, 3.05) is 32.7 Å². The van der Waals surface area contributed by atoms with Gasteiger partial charge >= 0.3 is 6.61 Å². The Morgan fingerprint density at radius 3 is 2.39 bits per heavy atom. The lowest BCUT2D eigenvalue weighted by atomic mass is 10.1. The minimum Gasteiger partial charge on any atom is -0.434 e. The molecular weight excluding hydrogens is 396 g/mol. The summed E-state index contributed by atoms with van der Waals surface area (Å²) in [4.78, 5) is 28.4. The smallest absolute Gasteiger partial charge is 0.387 e. The molecule has 0 radical (unpaired) electrons. The highest BCUT2D eigenvalue weighted by atomic mass is 35.5. The van der Waals surface area contributed by atoms with Gasteiger partial charge in [0.15, 0.2) is 0 Å². The van der Waals surface area contributed by atoms with Crippen LogP contribution in [0.4, 0.5) is 8.78 Å². The van der Waals surface area contributed by atoms with Crippen LogP contribution >= 0.6 is 12.4 Å². The van der Waals surface area contributed by atoms with Gasteiger partial charge in [-0.05, 0) is 25.0 Å². The largest absolute Gasteiger partial charge is 0.434 e. The molecule has 2 N–H and O–H groups in total. The van der Waals surface area contributed by atoms with E-state index in [0.717, 1.165) is 6.42 Å². The SMILES string of the molecule is Cl.NC[C@H]1CC[C@@H](C(=O)N2CCN(C(=O)c3ccccc3OC(F)F)CC2)O1. The number of hydrogen-bond acceptors (Lipinski definition) is 5. The zero-order chi connectivity index (χ0) is 19.4. The highest BCUT2D eigenvalue weighted by Crippen LogP contribution is 2.24. The Morgan fingerprint density at radius 1 is 1.14 bits per heavy atom. The first-order valence-electron chi connectivity index (χ1n) is 8.97. The lowest BCUT2D eigenvalue weighted by Crippen LogP contribution is -2.53. The molecule has 10 heteroatoms. The summed E-state index contributed by atoms with van der Waals surface area (Å²) in [7, 11) is 0. The summed E-state index contributed by atoms with van der Waals surface area (Å²) in [5, 5.41) is 0. The number of hydrogen-bond donors (Lipinski definition) is 1. The highest BCUT2D eigenvalue weighted by Gasteiger charge is 2.35. The fourth-order valence-corrected chi connectivity index (χ4v) is 3.41. The molecule has 3 rings (SSSR count). The maximum Gasteiger partial charge on any atom is 0.387 e. The second-order valence-corrected chi connectivity index (χ2v) is 6.55. The van der Waals surface area contributed by atoms with E-state index in [1.54, 1.807) is 11.0 Å². The third-order valence-corrected chi connectivity index (χ3v) is 4.86. The third-order valence-electron chi connectivity index (χ3n) is 4.86. The summed E-state index contributed by atoms with van der Waals surface area (Å²) < 4.78 is 35.1. The number of carbonyl (C=O) groups excluding carboxylic acids is 2. The second kappa shape index (κ2) is 9.99. The molecule has 0 saturated carbocycles. The zero-order valence-corrected chi connectivity index (χ0v) is 16.1. The molecule has 2 amide bonds. The van der Waals surface area contributed by atoms with Crippen LogP contribution in [0.25, 0.3) is 0 Å². The van der Waals surface area contributed by atoms with Crippen LogP contribution in [0.1, 0.15) is 23.2 Å². The molecule has 2 aliphatic heterocycles. The number of halogens is 3. The second-order valence-electron chi connectivity index (χ2n) is 6.55. The van der Waals surface area contributed by atoms with Crippen LogP contribution in [0.5, 0.6) is 5.75 Å². The first-order chi connectivity index (χ1) is 13.0. The Kier molecular flexibility index (Phi) is 7.97. The van der Waals surface area contributed by atoms with Crippen molar-refractivity contribution in [2.45, 2.75) is 31.7 Å². The molecule has 1 aromatic carbocycles. The van der Waals surface area contributed by atoms with Crippen LogP contribution in [0, 0.1) is 0 Å². The molecule has 0 aliphatic carbocycles. The number of benzene rings is 1. The van der Waals surface area contributed by atoms with E-state index in [0.29, 0.717) is 39.1 Å². The lowest BCUT2D eigenvalue weighted by Gasteiger charge is -2.36. The zero-order valence-electron chi connectivity index (χ0n) is 15.3. The first-order valence-corrected chi connectivity index (χ1v) is 8.97. The lowest BCUT2D eigenvalue weighted by molar-refractivity contribution is -0.144. The van der Waals surface area contributed by atoms with Crippen LogP contribution in [-0.2, 0) is 9.53 Å². The molecular formula is C18H24ClF2N3O4. The molecule has 1 aromatic rings. The minimum absolute atomic E-state index is 0. The van der Waals surface area contributed by atoms with Gasteiger partial charge in [-0.3, -0.25) is 9.59 Å². The van der Waals surface area contributed by atoms with Crippen molar-refractivity contribution in [3.05, 3.63) is 29.8 Å². The average molecular weight is 420 g/mol. The number of amides is 2. The molecule has 2 atom stereocenters. The fourth-order valence-electron chi connectivity index (χ4n) is 3.41. The molecule has 2 saturated heterocycles. The van der Waals surface area contributed by atoms with Gasteiger partial charge in [-0.15, -0.1) is 12.4 Å². The molecule has 0 spiro atoms. The predicted molar refractivity (Wildman–Crippen MR) is 99.8 cm³/mol. The summed E-state index contributed by atoms with van der Waals surface area (Å²) in [6, 6.07) is 5.92. The van der Waals surface area contributed by atoms with Crippen LogP contribution in [-0.4, -0.2) is 73.2 Å². The van der Waals surface area contributed by atoms with Gasteiger partial charge in [-0.25, -0.2) is 0 Å². The van der Waals surface area contributed by atoms with E-state index in [1.807, 2.05) is 0 Å². The van der Waals surface area contributed by atoms with Crippen molar-refractivity contribution >= 4 is 24.2 Å². The van der Waals surface area contributed by atoms with E-state index in [9.17, 15) is 18.4 Å². The van der Waals surface area contributed by atoms with Crippen molar-refractivity contribution in [3.63, 3.8) is 0 Å². The highest BCUT2D eigenvalue weighted by molar-refractivity contribution is 5.97. The number of para-hydroxylation sites is 1. The van der Waals surface area contributed by atoms with Gasteiger partial charge in [0, 0.05) is 32.7 Å². The van der Waals surface area contributed by atoms with E-state index < -0.39 is 18.6 Å². The number of piperazine rings is 1. The molecule has 0 aromatic heterocycles. The molecule has 0 unspecified atom stereocenters. The Morgan fingerprint density at radius 2 is 1.79 bits per heavy atom. The Hall–Kier alpha value is -1.97. The van der Waals surface area contributed by atoms with Crippen molar-refractivity contribution in [1.29, 1.82) is 0 Å². The number of carbonyl (C=O) groups is 2. The average Bonchev–Trinajstić information content (AvgIpc) is 3.16. The first kappa shape index (κ1) is 22.3. The van der Waals surface area contributed by atoms with Crippen LogP contribution in [0.2, 0.25) is 0 Å². The summed E-state index contributed by atoms with van der Waals surface area (Å²) >= 11 is 0. The topological polar surface area (TPSA) is 85.1 Å². The molecule has 28 heavy (non-hydrogen) atoms. The monoisotopic (exact) mass is 419 g/mol. The third kappa shape index (κ3) is 5.09. The summed E-state index contributed by atoms with van der Waals surface area (Å²) in [5.74, 6) is -0.624. The standard InChI is InChI=1S/C18H23F2N3O4.ClH/c19-18(20)27-14-4-2-1-3-13(14)16(24)22-7-9-23(10-8-22)17(25)15-6-5-12(11-21)26-15;/h1-4,12,15,18H,5-11,21H2;1H/t12-,15+;/m1./s1. The Labute approximate surface area is 168 Å². The predicted octanol–water partition coefficient (Wildman–Crippen LogP) is 1.50. The van der Waals surface area contributed by atoms with E-state index in [2.05, 4.69) is 4.74 Å². The maximum atomic E-state index is 12.7. The van der Waals surface area contributed by atoms with Crippen molar-refractivity contribution in [3.8, 4) is 5.75 Å². The van der Waals surface area contributed by atoms with Gasteiger partial charge in [-0.2, -0.15) is 8.78 Å². The Balaban J connectivity index is 0.00000280. The van der Waals surface area contributed by atoms with Crippen molar-refractivity contribution in [2.24, 2.45) is 5.73 Å². The van der Waals surface area contributed by atoms with Gasteiger partial charge in [0.2, 0.25) is 0 Å². The van der Waals surface area contributed by atoms with Crippen LogP contribution in [0.3, 0.4) is 0 Å². The molecule has 0 bridgehead atoms. The quantitative estimate of drug-likeness (QED) is 0.781. The fraction of sp³-hybridized carbons (Fsp3) is 0.556. The minimum atomic E-state index is -3.00. The number of ether oxygens (including phenoxy) is 2. The number of nitrogens with zero attached hydrogens (tertiary/aromatic N) is 2. The van der Waals surface area contributed by atoms with Gasteiger partial charge in [0.05, 0.1) is 11.7 Å². The molecule has 2 aliphatic rings. The maximum absolute atomic E-state index is 12.7. The van der Waals surface area contributed by atoms with E-state index in [4.69, 9.17) is 10.5 Å². The van der Waals surface area contributed by atoms with E-state index >= 15 is 0 Å². The van der Waals surface area contributed by atoms with Crippen LogP contribution < -0.4 is 10.5 Å². The normalized spacial score (nSPS) is 22.1. The molecule has 7 nitrogen and oxygen atoms in total. The van der Waals surface area contributed by atoms with Crippen molar-refractivity contribution < 1.29 is 27.8 Å². The number of alkyl halides is 2. The van der Waals surface area contributed by atoms with Gasteiger partial charge in [0.25, 0.3) is 11.8 Å². The number of rotatable bonds is 5. The molecule has 2 fully saturated rings. The van der Waals surface area contributed by atoms with Gasteiger partial charge < -0.3 is 25.0 Å². The summed E-state index contributed by atoms with van der Waals surface area (Å²) in [6.07, 6.45) is 0.874. The van der Waals surface area contributed by atoms with Gasteiger partial charge in [-0.1, -0.05) is 12.1 Å². The Bertz CT molecular complexity index is 687. The summed E-state index contributed by atoms with van der Waals surface area (Å²) in [5.41, 5.74) is 5.66.